The molecule has 0 spiro atoms. The van der Waals surface area contributed by atoms with Crippen LogP contribution in [0.1, 0.15) is 76.7 Å². The van der Waals surface area contributed by atoms with Gasteiger partial charge in [0.2, 0.25) is 0 Å². The van der Waals surface area contributed by atoms with E-state index in [0.29, 0.717) is 18.9 Å². The Morgan fingerprint density at radius 1 is 0.881 bits per heavy atom. The molecule has 0 bridgehead atoms. The minimum atomic E-state index is -4.36. The highest BCUT2D eigenvalue weighted by Crippen LogP contribution is 2.44. The van der Waals surface area contributed by atoms with E-state index in [4.69, 9.17) is 23.3 Å². The van der Waals surface area contributed by atoms with E-state index in [9.17, 15) is 9.46 Å². The molecule has 234 valence electrons. The maximum Gasteiger partial charge on any atom is 0.527 e. The maximum absolute atomic E-state index is 12.6. The minimum absolute atomic E-state index is 0.134. The summed E-state index contributed by atoms with van der Waals surface area (Å²) in [5.74, 6) is 2.53. The Morgan fingerprint density at radius 3 is 2.24 bits per heavy atom. The third kappa shape index (κ3) is 14.3. The topological polar surface area (TPSA) is 86.7 Å². The van der Waals surface area contributed by atoms with Crippen molar-refractivity contribution in [2.24, 2.45) is 0 Å². The number of hydrogen-bond acceptors (Lipinski definition) is 8. The smallest absolute Gasteiger partial charge is 0.493 e. The summed E-state index contributed by atoms with van der Waals surface area (Å²) >= 11 is 1.72. The van der Waals surface area contributed by atoms with Gasteiger partial charge in [-0.05, 0) is 41.7 Å². The SMILES string of the molecule is CCCCCCCCCCCCOc1cccc(OCC(COP(=O)(O)Oc2cccc(CN3C=CSC3)c2)OC)c1. The van der Waals surface area contributed by atoms with Gasteiger partial charge in [0.15, 0.2) is 0 Å². The van der Waals surface area contributed by atoms with Crippen molar-refractivity contribution >= 4 is 19.6 Å². The second-order valence-electron chi connectivity index (χ2n) is 10.5. The molecule has 2 atom stereocenters. The highest BCUT2D eigenvalue weighted by molar-refractivity contribution is 8.02. The molecule has 0 radical (unpaired) electrons. The number of rotatable bonds is 23. The lowest BCUT2D eigenvalue weighted by atomic mass is 10.1. The zero-order valence-corrected chi connectivity index (χ0v) is 26.9. The summed E-state index contributed by atoms with van der Waals surface area (Å²) in [5.41, 5.74) is 0.970. The number of phosphoric acid groups is 1. The van der Waals surface area contributed by atoms with Crippen molar-refractivity contribution in [3.63, 3.8) is 0 Å². The van der Waals surface area contributed by atoms with Crippen LogP contribution in [0.15, 0.2) is 60.1 Å². The van der Waals surface area contributed by atoms with Gasteiger partial charge in [-0.3, -0.25) is 9.42 Å². The molecule has 3 rings (SSSR count). The Bertz CT molecular complexity index is 1100. The summed E-state index contributed by atoms with van der Waals surface area (Å²) in [6, 6.07) is 14.6. The summed E-state index contributed by atoms with van der Waals surface area (Å²) in [6.45, 7) is 3.58. The van der Waals surface area contributed by atoms with Crippen molar-refractivity contribution in [2.45, 2.75) is 83.8 Å². The quantitative estimate of drug-likeness (QED) is 0.0969. The predicted molar refractivity (Wildman–Crippen MR) is 170 cm³/mol. The van der Waals surface area contributed by atoms with Crippen molar-refractivity contribution in [1.82, 2.24) is 4.90 Å². The summed E-state index contributed by atoms with van der Waals surface area (Å²) in [4.78, 5) is 12.4. The number of thioether (sulfide) groups is 1. The molecule has 0 saturated heterocycles. The lowest BCUT2D eigenvalue weighted by Crippen LogP contribution is -2.25. The van der Waals surface area contributed by atoms with E-state index >= 15 is 0 Å². The average Bonchev–Trinajstić information content (AvgIpc) is 3.49. The van der Waals surface area contributed by atoms with Crippen LogP contribution in [0.2, 0.25) is 0 Å². The number of hydrogen-bond donors (Lipinski definition) is 1. The lowest BCUT2D eigenvalue weighted by Gasteiger charge is -2.19. The Labute approximate surface area is 256 Å². The average molecular weight is 622 g/mol. The van der Waals surface area contributed by atoms with E-state index < -0.39 is 13.9 Å². The molecule has 1 heterocycles. The minimum Gasteiger partial charge on any atom is -0.493 e. The first-order valence-electron chi connectivity index (χ1n) is 15.1. The Hall–Kier alpha value is -2.16. The molecule has 0 amide bonds. The molecule has 0 fully saturated rings. The van der Waals surface area contributed by atoms with Gasteiger partial charge in [-0.15, -0.1) is 11.8 Å². The molecule has 1 aliphatic heterocycles. The van der Waals surface area contributed by atoms with Crippen LogP contribution in [-0.2, 0) is 20.4 Å². The van der Waals surface area contributed by atoms with E-state index in [2.05, 4.69) is 11.8 Å². The van der Waals surface area contributed by atoms with Crippen LogP contribution in [0.5, 0.6) is 17.2 Å². The Morgan fingerprint density at radius 2 is 1.55 bits per heavy atom. The van der Waals surface area contributed by atoms with Gasteiger partial charge in [0.1, 0.15) is 30.0 Å². The zero-order chi connectivity index (χ0) is 29.9. The molecule has 2 unspecified atom stereocenters. The highest BCUT2D eigenvalue weighted by atomic mass is 32.2. The van der Waals surface area contributed by atoms with Gasteiger partial charge in [0.05, 0.1) is 19.1 Å². The first-order valence-corrected chi connectivity index (χ1v) is 17.7. The van der Waals surface area contributed by atoms with Crippen LogP contribution < -0.4 is 14.0 Å². The van der Waals surface area contributed by atoms with Gasteiger partial charge in [0, 0.05) is 25.9 Å². The number of nitrogens with zero attached hydrogens (tertiary/aromatic N) is 1. The van der Waals surface area contributed by atoms with Crippen LogP contribution in [-0.4, -0.2) is 48.7 Å². The van der Waals surface area contributed by atoms with Crippen molar-refractivity contribution < 1.29 is 32.7 Å². The second kappa shape index (κ2) is 19.9. The molecule has 0 saturated carbocycles. The predicted octanol–water partition coefficient (Wildman–Crippen LogP) is 8.55. The molecule has 2 aromatic carbocycles. The summed E-state index contributed by atoms with van der Waals surface area (Å²) in [5, 5.41) is 2.04. The lowest BCUT2D eigenvalue weighted by molar-refractivity contribution is 0.0160. The third-order valence-electron chi connectivity index (χ3n) is 6.88. The van der Waals surface area contributed by atoms with E-state index in [-0.39, 0.29) is 19.0 Å². The normalized spacial score (nSPS) is 15.0. The van der Waals surface area contributed by atoms with Crippen LogP contribution in [0.3, 0.4) is 0 Å². The van der Waals surface area contributed by atoms with Crippen molar-refractivity contribution in [1.29, 1.82) is 0 Å². The highest BCUT2D eigenvalue weighted by Gasteiger charge is 2.26. The molecule has 2 aromatic rings. The fourth-order valence-corrected chi connectivity index (χ4v) is 5.99. The van der Waals surface area contributed by atoms with Crippen LogP contribution in [0.25, 0.3) is 0 Å². The van der Waals surface area contributed by atoms with Crippen LogP contribution in [0, 0.1) is 0 Å². The number of ether oxygens (including phenoxy) is 3. The van der Waals surface area contributed by atoms with E-state index in [0.717, 1.165) is 23.6 Å². The summed E-state index contributed by atoms with van der Waals surface area (Å²) in [7, 11) is -2.86. The second-order valence-corrected chi connectivity index (χ2v) is 12.7. The monoisotopic (exact) mass is 621 g/mol. The fourth-order valence-electron chi connectivity index (χ4n) is 4.49. The van der Waals surface area contributed by atoms with E-state index in [1.54, 1.807) is 30.0 Å². The molecule has 10 heteroatoms. The molecule has 1 aliphatic rings. The number of methoxy groups -OCH3 is 1. The van der Waals surface area contributed by atoms with Gasteiger partial charge in [-0.25, -0.2) is 4.57 Å². The molecule has 42 heavy (non-hydrogen) atoms. The number of benzene rings is 2. The van der Waals surface area contributed by atoms with Crippen molar-refractivity contribution in [2.75, 3.05) is 32.8 Å². The van der Waals surface area contributed by atoms with Gasteiger partial charge in [-0.2, -0.15) is 0 Å². The molecule has 0 aromatic heterocycles. The van der Waals surface area contributed by atoms with Gasteiger partial charge in [-0.1, -0.05) is 82.9 Å². The van der Waals surface area contributed by atoms with Crippen molar-refractivity contribution in [3.05, 3.63) is 65.7 Å². The maximum atomic E-state index is 12.6. The Balaban J connectivity index is 1.32. The molecule has 0 aliphatic carbocycles. The van der Waals surface area contributed by atoms with Gasteiger partial charge < -0.3 is 23.6 Å². The Kier molecular flexibility index (Phi) is 16.3. The van der Waals surface area contributed by atoms with Gasteiger partial charge >= 0.3 is 7.82 Å². The largest absolute Gasteiger partial charge is 0.527 e. The van der Waals surface area contributed by atoms with Gasteiger partial charge in [0.25, 0.3) is 0 Å². The molecule has 1 N–H and O–H groups in total. The van der Waals surface area contributed by atoms with E-state index in [1.807, 2.05) is 41.9 Å². The zero-order valence-electron chi connectivity index (χ0n) is 25.2. The number of unbranched alkanes of at least 4 members (excludes halogenated alkanes) is 9. The van der Waals surface area contributed by atoms with E-state index in [1.165, 1.54) is 64.9 Å². The molecule has 8 nitrogen and oxygen atoms in total. The first-order chi connectivity index (χ1) is 20.5. The first kappa shape index (κ1) is 34.3. The van der Waals surface area contributed by atoms with Crippen molar-refractivity contribution in [3.8, 4) is 17.2 Å². The van der Waals surface area contributed by atoms with Crippen LogP contribution in [0.4, 0.5) is 0 Å². The van der Waals surface area contributed by atoms with Crippen LogP contribution >= 0.6 is 19.6 Å². The molecular weight excluding hydrogens is 573 g/mol. The summed E-state index contributed by atoms with van der Waals surface area (Å²) < 4.78 is 40.3. The summed E-state index contributed by atoms with van der Waals surface area (Å²) in [6.07, 6.45) is 14.3. The fraction of sp³-hybridized carbons (Fsp3) is 0.562. The molecular formula is C32H48NO7PS. The third-order valence-corrected chi connectivity index (χ3v) is 8.59. The standard InChI is InChI=1S/C32H48NO7PS/c1-3-4-5-6-7-8-9-10-11-12-20-37-29-16-14-17-30(23-29)38-25-32(36-2)26-39-41(34,35)40-31-18-13-15-28(22-31)24-33-19-21-42-27-33/h13-19,21-23,32H,3-12,20,24-27H2,1-2H3,(H,34,35). The number of phosphoric ester groups is 1.